The van der Waals surface area contributed by atoms with Gasteiger partial charge in [0.1, 0.15) is 5.75 Å². The minimum absolute atomic E-state index is 0.103. The van der Waals surface area contributed by atoms with Gasteiger partial charge in [0.25, 0.3) is 0 Å². The van der Waals surface area contributed by atoms with Crippen molar-refractivity contribution in [2.24, 2.45) is 0 Å². The van der Waals surface area contributed by atoms with Gasteiger partial charge in [0.15, 0.2) is 0 Å². The number of aromatic hydroxyl groups is 1. The Kier molecular flexibility index (Phi) is 4.30. The van der Waals surface area contributed by atoms with Gasteiger partial charge in [0, 0.05) is 25.2 Å². The quantitative estimate of drug-likeness (QED) is 0.931. The number of aryl methyl sites for hydroxylation is 2. The van der Waals surface area contributed by atoms with Gasteiger partial charge in [-0.15, -0.1) is 0 Å². The summed E-state index contributed by atoms with van der Waals surface area (Å²) in [6, 6.07) is 14.6. The first-order chi connectivity index (χ1) is 11.7. The molecule has 126 valence electrons. The molecule has 0 amide bonds. The Hall–Kier alpha value is -1.84. The normalized spacial score (nSPS) is 24.0. The molecule has 0 bridgehead atoms. The summed E-state index contributed by atoms with van der Waals surface area (Å²) in [4.78, 5) is 2.40. The van der Waals surface area contributed by atoms with E-state index in [4.69, 9.17) is 4.74 Å². The van der Waals surface area contributed by atoms with Crippen LogP contribution in [0.3, 0.4) is 0 Å². The second-order valence-corrected chi connectivity index (χ2v) is 7.14. The fourth-order valence-corrected chi connectivity index (χ4v) is 4.05. The standard InChI is InChI=1S/C21H25NO2/c1-15-12-22(14-21(24-15)16-6-3-2-4-7-16)13-19-10-17-8-5-9-18(17)11-20(19)23/h2-4,6-7,10-11,15,21,23H,5,8-9,12-14H2,1H3/t15-,21-/m0/s1. The van der Waals surface area contributed by atoms with E-state index in [-0.39, 0.29) is 12.2 Å². The van der Waals surface area contributed by atoms with Crippen LogP contribution < -0.4 is 0 Å². The summed E-state index contributed by atoms with van der Waals surface area (Å²) >= 11 is 0. The van der Waals surface area contributed by atoms with E-state index < -0.39 is 0 Å². The summed E-state index contributed by atoms with van der Waals surface area (Å²) in [5.41, 5.74) is 5.03. The highest BCUT2D eigenvalue weighted by Crippen LogP contribution is 2.32. The predicted octanol–water partition coefficient (Wildman–Crippen LogP) is 3.84. The topological polar surface area (TPSA) is 32.7 Å². The number of hydrogen-bond acceptors (Lipinski definition) is 3. The number of ether oxygens (including phenoxy) is 1. The van der Waals surface area contributed by atoms with Crippen molar-refractivity contribution in [3.63, 3.8) is 0 Å². The van der Waals surface area contributed by atoms with E-state index in [0.717, 1.165) is 38.0 Å². The molecule has 4 rings (SSSR count). The van der Waals surface area contributed by atoms with Crippen LogP contribution in [0.1, 0.15) is 41.7 Å². The van der Waals surface area contributed by atoms with E-state index in [2.05, 4.69) is 42.2 Å². The van der Waals surface area contributed by atoms with Crippen LogP contribution in [0.25, 0.3) is 0 Å². The molecule has 1 N–H and O–H groups in total. The number of phenols is 1. The minimum Gasteiger partial charge on any atom is -0.508 e. The number of nitrogens with zero attached hydrogens (tertiary/aromatic N) is 1. The third-order valence-electron chi connectivity index (χ3n) is 5.19. The Bertz CT molecular complexity index is 713. The van der Waals surface area contributed by atoms with Gasteiger partial charge in [-0.3, -0.25) is 4.90 Å². The second-order valence-electron chi connectivity index (χ2n) is 7.14. The molecule has 0 spiro atoms. The highest BCUT2D eigenvalue weighted by atomic mass is 16.5. The Balaban J connectivity index is 1.52. The van der Waals surface area contributed by atoms with Crippen LogP contribution in [0.2, 0.25) is 0 Å². The molecule has 0 aromatic heterocycles. The molecular weight excluding hydrogens is 298 g/mol. The molecule has 0 radical (unpaired) electrons. The molecule has 2 aromatic rings. The van der Waals surface area contributed by atoms with Crippen molar-refractivity contribution < 1.29 is 9.84 Å². The van der Waals surface area contributed by atoms with E-state index in [1.165, 1.54) is 23.1 Å². The zero-order valence-corrected chi connectivity index (χ0v) is 14.2. The van der Waals surface area contributed by atoms with Gasteiger partial charge >= 0.3 is 0 Å². The SMILES string of the molecule is C[C@H]1CN(Cc2cc3c(cc2O)CCC3)C[C@@H](c2ccccc2)O1. The fraction of sp³-hybridized carbons (Fsp3) is 0.429. The van der Waals surface area contributed by atoms with Crippen molar-refractivity contribution in [1.29, 1.82) is 0 Å². The summed E-state index contributed by atoms with van der Waals surface area (Å²) in [7, 11) is 0. The van der Waals surface area contributed by atoms with Gasteiger partial charge in [-0.2, -0.15) is 0 Å². The summed E-state index contributed by atoms with van der Waals surface area (Å²) in [6.45, 7) is 4.69. The third-order valence-corrected chi connectivity index (χ3v) is 5.19. The lowest BCUT2D eigenvalue weighted by Gasteiger charge is -2.37. The summed E-state index contributed by atoms with van der Waals surface area (Å²) in [5, 5.41) is 10.4. The van der Waals surface area contributed by atoms with E-state index in [1.807, 2.05) is 12.1 Å². The lowest BCUT2D eigenvalue weighted by molar-refractivity contribution is -0.0815. The van der Waals surface area contributed by atoms with Crippen LogP contribution in [0.5, 0.6) is 5.75 Å². The molecule has 1 aliphatic heterocycles. The number of rotatable bonds is 3. The van der Waals surface area contributed by atoms with Gasteiger partial charge < -0.3 is 9.84 Å². The number of fused-ring (bicyclic) bond motifs is 1. The van der Waals surface area contributed by atoms with Crippen LogP contribution in [-0.4, -0.2) is 29.2 Å². The largest absolute Gasteiger partial charge is 0.508 e. The maximum absolute atomic E-state index is 10.4. The average molecular weight is 323 g/mol. The Morgan fingerprint density at radius 2 is 1.83 bits per heavy atom. The van der Waals surface area contributed by atoms with Crippen molar-refractivity contribution in [1.82, 2.24) is 4.90 Å². The van der Waals surface area contributed by atoms with Crippen LogP contribution in [0.4, 0.5) is 0 Å². The molecule has 2 atom stereocenters. The number of phenolic OH excluding ortho intramolecular Hbond substituents is 1. The van der Waals surface area contributed by atoms with Gasteiger partial charge in [-0.1, -0.05) is 36.4 Å². The fourth-order valence-electron chi connectivity index (χ4n) is 4.05. The molecule has 0 saturated carbocycles. The molecule has 1 fully saturated rings. The molecule has 3 heteroatoms. The molecule has 2 aromatic carbocycles. The van der Waals surface area contributed by atoms with E-state index in [1.54, 1.807) is 0 Å². The first kappa shape index (κ1) is 15.7. The second kappa shape index (κ2) is 6.58. The molecular formula is C21H25NO2. The first-order valence-corrected chi connectivity index (χ1v) is 8.95. The zero-order valence-electron chi connectivity index (χ0n) is 14.2. The van der Waals surface area contributed by atoms with Gasteiger partial charge in [-0.25, -0.2) is 0 Å². The first-order valence-electron chi connectivity index (χ1n) is 8.95. The summed E-state index contributed by atoms with van der Waals surface area (Å²) in [5.74, 6) is 0.450. The minimum atomic E-state index is 0.103. The smallest absolute Gasteiger partial charge is 0.120 e. The lowest BCUT2D eigenvalue weighted by Crippen LogP contribution is -2.42. The maximum atomic E-state index is 10.4. The molecule has 0 unspecified atom stereocenters. The maximum Gasteiger partial charge on any atom is 0.120 e. The van der Waals surface area contributed by atoms with Crippen molar-refractivity contribution in [2.75, 3.05) is 13.1 Å². The molecule has 2 aliphatic rings. The number of hydrogen-bond donors (Lipinski definition) is 1. The summed E-state index contributed by atoms with van der Waals surface area (Å²) in [6.07, 6.45) is 3.76. The Morgan fingerprint density at radius 1 is 1.08 bits per heavy atom. The molecule has 1 aliphatic carbocycles. The van der Waals surface area contributed by atoms with Crippen LogP contribution in [0, 0.1) is 0 Å². The molecule has 1 saturated heterocycles. The van der Waals surface area contributed by atoms with Crippen LogP contribution in [0.15, 0.2) is 42.5 Å². The average Bonchev–Trinajstić information content (AvgIpc) is 3.02. The molecule has 1 heterocycles. The van der Waals surface area contributed by atoms with E-state index in [9.17, 15) is 5.11 Å². The van der Waals surface area contributed by atoms with Crippen LogP contribution >= 0.6 is 0 Å². The van der Waals surface area contributed by atoms with Gasteiger partial charge in [0.05, 0.1) is 12.2 Å². The van der Waals surface area contributed by atoms with Crippen molar-refractivity contribution in [2.45, 2.75) is 44.9 Å². The van der Waals surface area contributed by atoms with Crippen LogP contribution in [-0.2, 0) is 24.1 Å². The van der Waals surface area contributed by atoms with Crippen molar-refractivity contribution in [3.8, 4) is 5.75 Å². The molecule has 3 nitrogen and oxygen atoms in total. The Morgan fingerprint density at radius 3 is 2.62 bits per heavy atom. The Labute approximate surface area is 143 Å². The van der Waals surface area contributed by atoms with E-state index >= 15 is 0 Å². The van der Waals surface area contributed by atoms with Gasteiger partial charge in [0.2, 0.25) is 0 Å². The van der Waals surface area contributed by atoms with Gasteiger partial charge in [-0.05, 0) is 48.9 Å². The highest BCUT2D eigenvalue weighted by molar-refractivity contribution is 5.44. The van der Waals surface area contributed by atoms with Crippen molar-refractivity contribution >= 4 is 0 Å². The predicted molar refractivity (Wildman–Crippen MR) is 95.1 cm³/mol. The third kappa shape index (κ3) is 3.19. The zero-order chi connectivity index (χ0) is 16.5. The van der Waals surface area contributed by atoms with E-state index in [0.29, 0.717) is 5.75 Å². The molecule has 24 heavy (non-hydrogen) atoms. The monoisotopic (exact) mass is 323 g/mol. The number of benzene rings is 2. The summed E-state index contributed by atoms with van der Waals surface area (Å²) < 4.78 is 6.14. The van der Waals surface area contributed by atoms with Crippen molar-refractivity contribution in [3.05, 3.63) is 64.7 Å². The lowest BCUT2D eigenvalue weighted by atomic mass is 10.0. The highest BCUT2D eigenvalue weighted by Gasteiger charge is 2.27. The number of morpholine rings is 1.